The Bertz CT molecular complexity index is 1480. The molecule has 0 saturated carbocycles. The second kappa shape index (κ2) is 9.77. The maximum atomic E-state index is 13.6. The van der Waals surface area contributed by atoms with Gasteiger partial charge in [0.15, 0.2) is 0 Å². The van der Waals surface area contributed by atoms with Crippen LogP contribution < -0.4 is 0 Å². The van der Waals surface area contributed by atoms with Crippen LogP contribution in [0.25, 0.3) is 28.2 Å². The summed E-state index contributed by atoms with van der Waals surface area (Å²) in [7, 11) is -3.57. The average molecular weight is 485 g/mol. The summed E-state index contributed by atoms with van der Waals surface area (Å²) in [6, 6.07) is 22.4. The number of piperazine rings is 1. The summed E-state index contributed by atoms with van der Waals surface area (Å²) in [6.07, 6.45) is 4.98. The van der Waals surface area contributed by atoms with Gasteiger partial charge in [-0.05, 0) is 35.9 Å². The van der Waals surface area contributed by atoms with Crippen molar-refractivity contribution in [1.82, 2.24) is 19.2 Å². The van der Waals surface area contributed by atoms with Crippen molar-refractivity contribution in [3.63, 3.8) is 0 Å². The molecule has 35 heavy (non-hydrogen) atoms. The van der Waals surface area contributed by atoms with Crippen LogP contribution in [0.3, 0.4) is 0 Å². The van der Waals surface area contributed by atoms with E-state index < -0.39 is 10.0 Å². The van der Waals surface area contributed by atoms with E-state index in [1.807, 2.05) is 72.8 Å². The number of carbonyl (C=O) groups excluding carboxylic acids is 1. The highest BCUT2D eigenvalue weighted by Crippen LogP contribution is 2.26. The molecule has 1 saturated heterocycles. The topological polar surface area (TPSA) is 83.5 Å². The van der Waals surface area contributed by atoms with Crippen molar-refractivity contribution in [2.75, 3.05) is 26.2 Å². The van der Waals surface area contributed by atoms with Gasteiger partial charge in [0, 0.05) is 54.9 Å². The van der Waals surface area contributed by atoms with Crippen LogP contribution in [0.4, 0.5) is 0 Å². The van der Waals surface area contributed by atoms with Crippen LogP contribution in [0.2, 0.25) is 0 Å². The summed E-state index contributed by atoms with van der Waals surface area (Å²) >= 11 is 0. The summed E-state index contributed by atoms with van der Waals surface area (Å²) in [5.74, 6) is -0.129. The first-order valence-electron chi connectivity index (χ1n) is 11.3. The number of sulfonamides is 1. The van der Waals surface area contributed by atoms with E-state index in [0.29, 0.717) is 24.3 Å². The quantitative estimate of drug-likeness (QED) is 0.427. The molecule has 1 amide bonds. The number of hydrogen-bond donors (Lipinski definition) is 0. The predicted octanol–water partition coefficient (Wildman–Crippen LogP) is 4.06. The van der Waals surface area contributed by atoms with Gasteiger partial charge < -0.3 is 4.90 Å². The largest absolute Gasteiger partial charge is 0.336 e. The first kappa shape index (κ1) is 22.9. The maximum absolute atomic E-state index is 13.6. The standard InChI is InChI=1S/C27H24N4O3S/c32-27(24-20-26(22-10-13-28-14-11-22)29-25-9-5-4-8-23(24)25)30-15-17-31(18-16-30)35(33,34)19-12-21-6-2-1-3-7-21/h1-14,19-20H,15-18H2/b19-12+. The van der Waals surface area contributed by atoms with Crippen molar-refractivity contribution in [2.45, 2.75) is 0 Å². The lowest BCUT2D eigenvalue weighted by molar-refractivity contribution is 0.0700. The lowest BCUT2D eigenvalue weighted by Crippen LogP contribution is -2.50. The molecule has 0 atom stereocenters. The summed E-state index contributed by atoms with van der Waals surface area (Å²) in [4.78, 5) is 24.1. The molecular weight excluding hydrogens is 460 g/mol. The molecule has 1 aliphatic rings. The van der Waals surface area contributed by atoms with E-state index in [1.165, 1.54) is 9.71 Å². The van der Waals surface area contributed by atoms with E-state index in [9.17, 15) is 13.2 Å². The smallest absolute Gasteiger partial charge is 0.254 e. The third-order valence-electron chi connectivity index (χ3n) is 6.04. The van der Waals surface area contributed by atoms with E-state index in [4.69, 9.17) is 4.98 Å². The number of nitrogens with zero attached hydrogens (tertiary/aromatic N) is 4. The minimum atomic E-state index is -3.57. The van der Waals surface area contributed by atoms with Crippen LogP contribution in [-0.2, 0) is 10.0 Å². The van der Waals surface area contributed by atoms with E-state index in [-0.39, 0.29) is 19.0 Å². The molecule has 4 aromatic rings. The van der Waals surface area contributed by atoms with E-state index in [1.54, 1.807) is 23.4 Å². The van der Waals surface area contributed by atoms with Crippen LogP contribution in [0, 0.1) is 0 Å². The van der Waals surface area contributed by atoms with Crippen molar-refractivity contribution < 1.29 is 13.2 Å². The van der Waals surface area contributed by atoms with Crippen molar-refractivity contribution in [2.24, 2.45) is 0 Å². The van der Waals surface area contributed by atoms with Crippen LogP contribution in [0.5, 0.6) is 0 Å². The summed E-state index contributed by atoms with van der Waals surface area (Å²) < 4.78 is 27.0. The van der Waals surface area contributed by atoms with Crippen LogP contribution in [0.15, 0.2) is 90.6 Å². The number of pyridine rings is 2. The fourth-order valence-corrected chi connectivity index (χ4v) is 5.33. The SMILES string of the molecule is O=C(c1cc(-c2ccncc2)nc2ccccc12)N1CCN(S(=O)(=O)/C=C/c2ccccc2)CC1. The Morgan fingerprint density at radius 2 is 1.54 bits per heavy atom. The van der Waals surface area contributed by atoms with Crippen LogP contribution in [-0.4, -0.2) is 59.7 Å². The lowest BCUT2D eigenvalue weighted by atomic mass is 10.0. The summed E-state index contributed by atoms with van der Waals surface area (Å²) in [5.41, 5.74) is 3.68. The highest BCUT2D eigenvalue weighted by Gasteiger charge is 2.29. The fourth-order valence-electron chi connectivity index (χ4n) is 4.15. The fraction of sp³-hybridized carbons (Fsp3) is 0.148. The van der Waals surface area contributed by atoms with Gasteiger partial charge in [-0.25, -0.2) is 13.4 Å². The lowest BCUT2D eigenvalue weighted by Gasteiger charge is -2.33. The Kier molecular flexibility index (Phi) is 6.39. The Morgan fingerprint density at radius 1 is 0.857 bits per heavy atom. The third kappa shape index (κ3) is 4.99. The average Bonchev–Trinajstić information content (AvgIpc) is 2.92. The molecule has 0 aliphatic carbocycles. The van der Waals surface area contributed by atoms with Gasteiger partial charge in [-0.15, -0.1) is 0 Å². The number of hydrogen-bond acceptors (Lipinski definition) is 5. The molecule has 0 radical (unpaired) electrons. The molecule has 0 N–H and O–H groups in total. The Morgan fingerprint density at radius 3 is 2.29 bits per heavy atom. The van der Waals surface area contributed by atoms with Crippen molar-refractivity contribution in [3.05, 3.63) is 102 Å². The molecular formula is C27H24N4O3S. The minimum absolute atomic E-state index is 0.129. The molecule has 2 aromatic carbocycles. The summed E-state index contributed by atoms with van der Waals surface area (Å²) in [5, 5.41) is 2.01. The zero-order valence-corrected chi connectivity index (χ0v) is 19.8. The van der Waals surface area contributed by atoms with Gasteiger partial charge in [0.1, 0.15) is 0 Å². The normalized spacial score (nSPS) is 15.0. The van der Waals surface area contributed by atoms with Gasteiger partial charge in [-0.3, -0.25) is 9.78 Å². The van der Waals surface area contributed by atoms with Crippen molar-refractivity contribution in [1.29, 1.82) is 0 Å². The monoisotopic (exact) mass is 484 g/mol. The summed E-state index contributed by atoms with van der Waals surface area (Å²) in [6.45, 7) is 1.12. The highest BCUT2D eigenvalue weighted by atomic mass is 32.2. The first-order valence-corrected chi connectivity index (χ1v) is 12.8. The highest BCUT2D eigenvalue weighted by molar-refractivity contribution is 7.92. The van der Waals surface area contributed by atoms with Gasteiger partial charge in [-0.2, -0.15) is 4.31 Å². The number of carbonyl (C=O) groups is 1. The van der Waals surface area contributed by atoms with E-state index >= 15 is 0 Å². The number of benzene rings is 2. The number of fused-ring (bicyclic) bond motifs is 1. The van der Waals surface area contributed by atoms with Crippen LogP contribution in [0.1, 0.15) is 15.9 Å². The maximum Gasteiger partial charge on any atom is 0.254 e. The molecule has 1 fully saturated rings. The predicted molar refractivity (Wildman–Crippen MR) is 137 cm³/mol. The first-order chi connectivity index (χ1) is 17.0. The number of para-hydroxylation sites is 1. The molecule has 5 rings (SSSR count). The molecule has 3 heterocycles. The van der Waals surface area contributed by atoms with Gasteiger partial charge in [0.25, 0.3) is 5.91 Å². The second-order valence-electron chi connectivity index (χ2n) is 8.26. The zero-order chi connectivity index (χ0) is 24.3. The molecule has 0 bridgehead atoms. The Labute approximate surface area is 204 Å². The zero-order valence-electron chi connectivity index (χ0n) is 19.0. The Hall–Kier alpha value is -3.88. The number of aromatic nitrogens is 2. The molecule has 0 spiro atoms. The number of amides is 1. The second-order valence-corrected chi connectivity index (χ2v) is 10.1. The molecule has 8 heteroatoms. The third-order valence-corrected chi connectivity index (χ3v) is 7.61. The van der Waals surface area contributed by atoms with Gasteiger partial charge >= 0.3 is 0 Å². The molecule has 1 aliphatic heterocycles. The van der Waals surface area contributed by atoms with Gasteiger partial charge in [0.05, 0.1) is 16.8 Å². The van der Waals surface area contributed by atoms with Gasteiger partial charge in [-0.1, -0.05) is 48.5 Å². The van der Waals surface area contributed by atoms with Crippen molar-refractivity contribution in [3.8, 4) is 11.3 Å². The van der Waals surface area contributed by atoms with Crippen LogP contribution >= 0.6 is 0 Å². The van der Waals surface area contributed by atoms with Gasteiger partial charge in [0.2, 0.25) is 10.0 Å². The Balaban J connectivity index is 1.36. The van der Waals surface area contributed by atoms with Crippen molar-refractivity contribution >= 4 is 32.9 Å². The molecule has 2 aromatic heterocycles. The molecule has 0 unspecified atom stereocenters. The molecule has 7 nitrogen and oxygen atoms in total. The molecule has 176 valence electrons. The minimum Gasteiger partial charge on any atom is -0.336 e. The number of rotatable bonds is 5. The van der Waals surface area contributed by atoms with E-state index in [2.05, 4.69) is 4.98 Å². The van der Waals surface area contributed by atoms with E-state index in [0.717, 1.165) is 22.0 Å².